The summed E-state index contributed by atoms with van der Waals surface area (Å²) in [7, 11) is 0. The summed E-state index contributed by atoms with van der Waals surface area (Å²) in [5, 5.41) is 0. The van der Waals surface area contributed by atoms with Crippen LogP contribution in [0.5, 0.6) is 0 Å². The second kappa shape index (κ2) is 20.4. The maximum Gasteiger partial charge on any atom is 0.251 e. The predicted molar refractivity (Wildman–Crippen MR) is 210 cm³/mol. The molecule has 1 aromatic heterocycles. The number of nitrogens with zero attached hydrogens (tertiary/aromatic N) is 2. The molecule has 0 N–H and O–H groups in total. The SMILES string of the molecule is CC(C)C1=CCC(C(C)C)=C1.CC(C)C1=CCC(C(C)C)=N1.CC(C)c1ccccc1C(C)C.CC(C)c1ccn(C(C)C)c(=O)c1. The number of pyridine rings is 1. The molecule has 0 amide bonds. The maximum absolute atomic E-state index is 11.5. The van der Waals surface area contributed by atoms with Crippen molar-refractivity contribution in [1.29, 1.82) is 0 Å². The van der Waals surface area contributed by atoms with Gasteiger partial charge in [0.05, 0.1) is 0 Å². The highest BCUT2D eigenvalue weighted by molar-refractivity contribution is 5.90. The third-order valence-electron chi connectivity index (χ3n) is 8.82. The van der Waals surface area contributed by atoms with E-state index in [0.29, 0.717) is 35.5 Å². The predicted octanol–water partition coefficient (Wildman–Crippen LogP) is 13.1. The second-order valence-electron chi connectivity index (χ2n) is 15.6. The molecular weight excluding hydrogens is 572 g/mol. The molecule has 3 nitrogen and oxygen atoms in total. The van der Waals surface area contributed by atoms with Gasteiger partial charge in [-0.15, -0.1) is 0 Å². The third-order valence-corrected chi connectivity index (χ3v) is 8.82. The molecule has 0 saturated heterocycles. The zero-order valence-electron chi connectivity index (χ0n) is 33.1. The Kier molecular flexibility index (Phi) is 18.3. The summed E-state index contributed by atoms with van der Waals surface area (Å²) in [6.07, 6.45) is 11.1. The lowest BCUT2D eigenvalue weighted by molar-refractivity contribution is 0.575. The maximum atomic E-state index is 11.5. The fourth-order valence-electron chi connectivity index (χ4n) is 5.42. The van der Waals surface area contributed by atoms with Crippen LogP contribution < -0.4 is 5.56 Å². The number of aromatic nitrogens is 1. The highest BCUT2D eigenvalue weighted by atomic mass is 16.1. The van der Waals surface area contributed by atoms with E-state index < -0.39 is 0 Å². The second-order valence-corrected chi connectivity index (χ2v) is 15.6. The number of allylic oxidation sites excluding steroid dienone is 6. The molecule has 2 aromatic rings. The minimum absolute atomic E-state index is 0.0983. The van der Waals surface area contributed by atoms with Crippen LogP contribution in [-0.2, 0) is 0 Å². The molecule has 0 fully saturated rings. The lowest BCUT2D eigenvalue weighted by Crippen LogP contribution is -2.20. The summed E-state index contributed by atoms with van der Waals surface area (Å²) >= 11 is 0. The van der Waals surface area contributed by atoms with Crippen molar-refractivity contribution in [2.45, 2.75) is 147 Å². The minimum atomic E-state index is 0.0983. The van der Waals surface area contributed by atoms with Crippen molar-refractivity contribution in [3.8, 4) is 0 Å². The molecule has 0 atom stereocenters. The molecule has 0 bridgehead atoms. The molecule has 2 heterocycles. The first-order valence-electron chi connectivity index (χ1n) is 18.4. The normalized spacial score (nSPS) is 14.2. The number of hydrogen-bond donors (Lipinski definition) is 0. The standard InChI is InChI=1S/C12H18.C11H17NO.C11H18.C10H17N/c1-9(2)11-7-5-6-8-12(11)10(3)4;1-8(2)10-5-6-12(9(3)4)11(13)7-10;1-8(2)10-5-6-11(7-10)9(3)4;1-7(2)9-5-6-10(11-9)8(3)4/h5-10H,1-4H3;5-9H,1-4H3;5,7-9H,6H2,1-4H3;5,7-8H,6H2,1-4H3. The van der Waals surface area contributed by atoms with Crippen molar-refractivity contribution in [2.24, 2.45) is 28.7 Å². The Bertz CT molecular complexity index is 1330. The largest absolute Gasteiger partial charge is 0.313 e. The van der Waals surface area contributed by atoms with Gasteiger partial charge in [0.15, 0.2) is 0 Å². The van der Waals surface area contributed by atoms with Gasteiger partial charge in [0.2, 0.25) is 0 Å². The number of aliphatic imine (C=N–C) groups is 1. The minimum Gasteiger partial charge on any atom is -0.313 e. The van der Waals surface area contributed by atoms with Gasteiger partial charge in [0.1, 0.15) is 0 Å². The van der Waals surface area contributed by atoms with Crippen molar-refractivity contribution in [1.82, 2.24) is 4.57 Å². The molecule has 0 saturated carbocycles. The Balaban J connectivity index is 0.000000314. The molecule has 1 aromatic carbocycles. The summed E-state index contributed by atoms with van der Waals surface area (Å²) in [5.74, 6) is 4.34. The highest BCUT2D eigenvalue weighted by Crippen LogP contribution is 2.28. The molecule has 0 radical (unpaired) electrons. The summed E-state index contributed by atoms with van der Waals surface area (Å²) < 4.78 is 1.74. The summed E-state index contributed by atoms with van der Waals surface area (Å²) in [5.41, 5.74) is 9.92. The third kappa shape index (κ3) is 14.4. The lowest BCUT2D eigenvalue weighted by atomic mass is 9.91. The van der Waals surface area contributed by atoms with Crippen LogP contribution in [-0.4, -0.2) is 10.3 Å². The van der Waals surface area contributed by atoms with Crippen molar-refractivity contribution in [2.75, 3.05) is 0 Å². The van der Waals surface area contributed by atoms with Gasteiger partial charge in [-0.1, -0.05) is 145 Å². The van der Waals surface area contributed by atoms with E-state index in [-0.39, 0.29) is 11.6 Å². The molecule has 1 aliphatic carbocycles. The van der Waals surface area contributed by atoms with Crippen LogP contribution in [0.3, 0.4) is 0 Å². The molecular formula is C44H70N2O. The Morgan fingerprint density at radius 3 is 1.45 bits per heavy atom. The smallest absolute Gasteiger partial charge is 0.251 e. The van der Waals surface area contributed by atoms with E-state index in [1.165, 1.54) is 34.5 Å². The Labute approximate surface area is 290 Å². The topological polar surface area (TPSA) is 34.4 Å². The Morgan fingerprint density at radius 1 is 0.596 bits per heavy atom. The van der Waals surface area contributed by atoms with Gasteiger partial charge in [-0.2, -0.15) is 0 Å². The lowest BCUT2D eigenvalue weighted by Gasteiger charge is -2.14. The molecule has 4 rings (SSSR count). The first-order valence-corrected chi connectivity index (χ1v) is 18.4. The Hall–Kier alpha value is -2.94. The molecule has 262 valence electrons. The molecule has 47 heavy (non-hydrogen) atoms. The van der Waals surface area contributed by atoms with Crippen molar-refractivity contribution in [3.05, 3.63) is 105 Å². The van der Waals surface area contributed by atoms with Crippen LogP contribution in [0.2, 0.25) is 0 Å². The van der Waals surface area contributed by atoms with Crippen molar-refractivity contribution in [3.63, 3.8) is 0 Å². The first kappa shape index (κ1) is 42.1. The van der Waals surface area contributed by atoms with Crippen LogP contribution in [0.25, 0.3) is 0 Å². The quantitative estimate of drug-likeness (QED) is 0.282. The summed E-state index contributed by atoms with van der Waals surface area (Å²) in [4.78, 5) is 16.1. The van der Waals surface area contributed by atoms with E-state index >= 15 is 0 Å². The highest BCUT2D eigenvalue weighted by Gasteiger charge is 2.14. The average Bonchev–Trinajstić information content (AvgIpc) is 3.69. The van der Waals surface area contributed by atoms with E-state index in [1.54, 1.807) is 16.2 Å². The molecule has 2 aliphatic rings. The van der Waals surface area contributed by atoms with Gasteiger partial charge in [0.25, 0.3) is 5.56 Å². The van der Waals surface area contributed by atoms with E-state index in [0.717, 1.165) is 17.9 Å². The van der Waals surface area contributed by atoms with Crippen LogP contribution in [0, 0.1) is 23.7 Å². The Morgan fingerprint density at radius 2 is 1.15 bits per heavy atom. The van der Waals surface area contributed by atoms with Crippen LogP contribution in [0.1, 0.15) is 164 Å². The molecule has 3 heteroatoms. The van der Waals surface area contributed by atoms with E-state index in [2.05, 4.69) is 144 Å². The average molecular weight is 643 g/mol. The fourth-order valence-corrected chi connectivity index (χ4v) is 5.42. The van der Waals surface area contributed by atoms with Gasteiger partial charge in [-0.05, 0) is 90.0 Å². The molecule has 0 unspecified atom stereocenters. The van der Waals surface area contributed by atoms with Crippen LogP contribution in [0.4, 0.5) is 0 Å². The first-order chi connectivity index (χ1) is 21.9. The van der Waals surface area contributed by atoms with Gasteiger partial charge < -0.3 is 4.57 Å². The van der Waals surface area contributed by atoms with Crippen molar-refractivity contribution < 1.29 is 0 Å². The van der Waals surface area contributed by atoms with Gasteiger partial charge in [0, 0.05) is 36.1 Å². The number of hydrogen-bond acceptors (Lipinski definition) is 2. The summed E-state index contributed by atoms with van der Waals surface area (Å²) in [6.45, 7) is 35.0. The number of benzene rings is 1. The number of rotatable bonds is 8. The van der Waals surface area contributed by atoms with Crippen LogP contribution >= 0.6 is 0 Å². The van der Waals surface area contributed by atoms with E-state index in [9.17, 15) is 4.79 Å². The summed E-state index contributed by atoms with van der Waals surface area (Å²) in [6, 6.07) is 12.7. The monoisotopic (exact) mass is 643 g/mol. The van der Waals surface area contributed by atoms with E-state index in [1.807, 2.05) is 26.1 Å². The van der Waals surface area contributed by atoms with E-state index in [4.69, 9.17) is 0 Å². The van der Waals surface area contributed by atoms with Gasteiger partial charge in [-0.3, -0.25) is 9.79 Å². The zero-order chi connectivity index (χ0) is 36.0. The molecule has 0 spiro atoms. The van der Waals surface area contributed by atoms with Gasteiger partial charge >= 0.3 is 0 Å². The zero-order valence-corrected chi connectivity index (χ0v) is 33.1. The fraction of sp³-hybridized carbons (Fsp3) is 0.591. The molecule has 1 aliphatic heterocycles. The van der Waals surface area contributed by atoms with Crippen molar-refractivity contribution >= 4 is 5.71 Å². The van der Waals surface area contributed by atoms with Gasteiger partial charge in [-0.25, -0.2) is 0 Å². The van der Waals surface area contributed by atoms with Crippen LogP contribution in [0.15, 0.2) is 87.5 Å².